The van der Waals surface area contributed by atoms with Crippen LogP contribution >= 0.6 is 11.6 Å². The summed E-state index contributed by atoms with van der Waals surface area (Å²) in [5.41, 5.74) is 0.790. The molecule has 0 saturated carbocycles. The smallest absolute Gasteiger partial charge is 0.329 e. The molecule has 18 heavy (non-hydrogen) atoms. The fraction of sp³-hybridized carbons (Fsp3) is 0.0769. The molecule has 5 heteroatoms. The number of halogens is 1. The first kappa shape index (κ1) is 12.4. The molecule has 2 aromatic carbocycles. The van der Waals surface area contributed by atoms with Crippen LogP contribution in [0.1, 0.15) is 5.56 Å². The molecule has 0 N–H and O–H groups in total. The van der Waals surface area contributed by atoms with Crippen LogP contribution in [0.15, 0.2) is 42.5 Å². The minimum absolute atomic E-state index is 0.0603. The van der Waals surface area contributed by atoms with Crippen molar-refractivity contribution < 1.29 is 9.66 Å². The van der Waals surface area contributed by atoms with E-state index in [0.717, 1.165) is 5.56 Å². The number of ether oxygens (including phenoxy) is 1. The van der Waals surface area contributed by atoms with E-state index >= 15 is 0 Å². The Hall–Kier alpha value is -2.07. The van der Waals surface area contributed by atoms with Gasteiger partial charge in [0.15, 0.2) is 0 Å². The molecule has 0 aromatic heterocycles. The van der Waals surface area contributed by atoms with Crippen LogP contribution in [0.5, 0.6) is 11.5 Å². The zero-order chi connectivity index (χ0) is 13.1. The zero-order valence-electron chi connectivity index (χ0n) is 9.59. The minimum Gasteiger partial charge on any atom is -0.450 e. The minimum atomic E-state index is -0.548. The van der Waals surface area contributed by atoms with Gasteiger partial charge in [-0.3, -0.25) is 10.1 Å². The molecule has 0 amide bonds. The Labute approximate surface area is 109 Å². The third kappa shape index (κ3) is 2.60. The largest absolute Gasteiger partial charge is 0.450 e. The van der Waals surface area contributed by atoms with E-state index in [9.17, 15) is 10.1 Å². The molecule has 92 valence electrons. The number of para-hydroxylation sites is 1. The molecule has 2 aromatic rings. The van der Waals surface area contributed by atoms with Gasteiger partial charge in [0.25, 0.3) is 0 Å². The SMILES string of the molecule is Cc1cccc(Oc2cccc(Cl)c2[N+](=O)[O-])c1. The highest BCUT2D eigenvalue weighted by Crippen LogP contribution is 2.36. The maximum atomic E-state index is 10.9. The molecular formula is C13H10ClNO3. The van der Waals surface area contributed by atoms with Crippen LogP contribution in [0.3, 0.4) is 0 Å². The Morgan fingerprint density at radius 3 is 2.61 bits per heavy atom. The third-order valence-corrected chi connectivity index (χ3v) is 2.65. The van der Waals surface area contributed by atoms with E-state index in [4.69, 9.17) is 16.3 Å². The average Bonchev–Trinajstić information content (AvgIpc) is 2.28. The van der Waals surface area contributed by atoms with Crippen molar-refractivity contribution in [2.24, 2.45) is 0 Å². The number of aryl methyl sites for hydroxylation is 1. The van der Waals surface area contributed by atoms with Crippen molar-refractivity contribution in [3.8, 4) is 11.5 Å². The van der Waals surface area contributed by atoms with Crippen LogP contribution in [0.25, 0.3) is 0 Å². The third-order valence-electron chi connectivity index (χ3n) is 2.35. The summed E-state index contributed by atoms with van der Waals surface area (Å²) in [7, 11) is 0. The van der Waals surface area contributed by atoms with Crippen molar-refractivity contribution >= 4 is 17.3 Å². The van der Waals surface area contributed by atoms with Gasteiger partial charge in [-0.2, -0.15) is 0 Å². The van der Waals surface area contributed by atoms with E-state index in [-0.39, 0.29) is 16.5 Å². The molecule has 0 aliphatic heterocycles. The van der Waals surface area contributed by atoms with E-state index < -0.39 is 4.92 Å². The second-order valence-electron chi connectivity index (χ2n) is 3.76. The summed E-state index contributed by atoms with van der Waals surface area (Å²) in [6, 6.07) is 11.9. The van der Waals surface area contributed by atoms with Gasteiger partial charge in [0.1, 0.15) is 10.8 Å². The van der Waals surface area contributed by atoms with Gasteiger partial charge in [-0.1, -0.05) is 29.8 Å². The van der Waals surface area contributed by atoms with E-state index in [2.05, 4.69) is 0 Å². The van der Waals surface area contributed by atoms with Crippen molar-refractivity contribution in [2.45, 2.75) is 6.92 Å². The number of benzene rings is 2. The Morgan fingerprint density at radius 1 is 1.22 bits per heavy atom. The molecule has 0 heterocycles. The van der Waals surface area contributed by atoms with Gasteiger partial charge in [-0.05, 0) is 36.8 Å². The standard InChI is InChI=1S/C13H10ClNO3/c1-9-4-2-5-10(8-9)18-12-7-3-6-11(14)13(12)15(16)17/h2-8H,1H3. The summed E-state index contributed by atoms with van der Waals surface area (Å²) >= 11 is 5.80. The van der Waals surface area contributed by atoms with Crippen LogP contribution in [-0.2, 0) is 0 Å². The van der Waals surface area contributed by atoms with Crippen LogP contribution < -0.4 is 4.74 Å². The predicted molar refractivity (Wildman–Crippen MR) is 69.4 cm³/mol. The highest BCUT2D eigenvalue weighted by Gasteiger charge is 2.20. The summed E-state index contributed by atoms with van der Waals surface area (Å²) in [4.78, 5) is 10.4. The van der Waals surface area contributed by atoms with Gasteiger partial charge in [0.2, 0.25) is 5.75 Å². The van der Waals surface area contributed by atoms with Crippen LogP contribution in [0.2, 0.25) is 5.02 Å². The fourth-order valence-corrected chi connectivity index (χ4v) is 1.80. The van der Waals surface area contributed by atoms with Gasteiger partial charge >= 0.3 is 5.69 Å². The quantitative estimate of drug-likeness (QED) is 0.611. The molecule has 0 radical (unpaired) electrons. The summed E-state index contributed by atoms with van der Waals surface area (Å²) in [5.74, 6) is 0.679. The summed E-state index contributed by atoms with van der Waals surface area (Å²) < 4.78 is 5.51. The van der Waals surface area contributed by atoms with Crippen molar-refractivity contribution in [1.29, 1.82) is 0 Å². The van der Waals surface area contributed by atoms with Crippen molar-refractivity contribution in [2.75, 3.05) is 0 Å². The molecule has 4 nitrogen and oxygen atoms in total. The normalized spacial score (nSPS) is 10.1. The first-order valence-corrected chi connectivity index (χ1v) is 5.63. The van der Waals surface area contributed by atoms with Crippen LogP contribution in [0, 0.1) is 17.0 Å². The number of nitrogens with zero attached hydrogens (tertiary/aromatic N) is 1. The number of nitro benzene ring substituents is 1. The molecular weight excluding hydrogens is 254 g/mol. The molecule has 2 rings (SSSR count). The first-order chi connectivity index (χ1) is 8.58. The second-order valence-corrected chi connectivity index (χ2v) is 4.17. The number of hydrogen-bond donors (Lipinski definition) is 0. The number of rotatable bonds is 3. The van der Waals surface area contributed by atoms with Crippen LogP contribution in [0.4, 0.5) is 5.69 Å². The molecule has 0 atom stereocenters. The zero-order valence-corrected chi connectivity index (χ0v) is 10.3. The maximum absolute atomic E-state index is 10.9. The second kappa shape index (κ2) is 5.06. The number of nitro groups is 1. The lowest BCUT2D eigenvalue weighted by Crippen LogP contribution is -1.94. The molecule has 0 fully saturated rings. The summed E-state index contributed by atoms with van der Waals surface area (Å²) in [6.07, 6.45) is 0. The Bertz CT molecular complexity index is 599. The Balaban J connectivity index is 2.40. The van der Waals surface area contributed by atoms with Gasteiger partial charge < -0.3 is 4.74 Å². The van der Waals surface area contributed by atoms with E-state index in [1.54, 1.807) is 18.2 Å². The maximum Gasteiger partial charge on any atom is 0.329 e. The van der Waals surface area contributed by atoms with Crippen molar-refractivity contribution in [3.05, 3.63) is 63.2 Å². The Kier molecular flexibility index (Phi) is 3.48. The molecule has 0 unspecified atom stereocenters. The predicted octanol–water partition coefficient (Wildman–Crippen LogP) is 4.35. The number of hydrogen-bond acceptors (Lipinski definition) is 3. The topological polar surface area (TPSA) is 52.4 Å². The first-order valence-electron chi connectivity index (χ1n) is 5.25. The highest BCUT2D eigenvalue weighted by atomic mass is 35.5. The van der Waals surface area contributed by atoms with Gasteiger partial charge in [0, 0.05) is 0 Å². The van der Waals surface area contributed by atoms with E-state index in [1.807, 2.05) is 19.1 Å². The average molecular weight is 264 g/mol. The van der Waals surface area contributed by atoms with Gasteiger partial charge in [-0.15, -0.1) is 0 Å². The fourth-order valence-electron chi connectivity index (χ4n) is 1.56. The molecule has 0 aliphatic rings. The van der Waals surface area contributed by atoms with Crippen LogP contribution in [-0.4, -0.2) is 4.92 Å². The molecule has 0 aliphatic carbocycles. The lowest BCUT2D eigenvalue weighted by Gasteiger charge is -2.07. The highest BCUT2D eigenvalue weighted by molar-refractivity contribution is 6.32. The Morgan fingerprint density at radius 2 is 1.94 bits per heavy atom. The lowest BCUT2D eigenvalue weighted by atomic mass is 10.2. The van der Waals surface area contributed by atoms with E-state index in [0.29, 0.717) is 5.75 Å². The summed E-state index contributed by atoms with van der Waals surface area (Å²) in [5, 5.41) is 11.0. The molecule has 0 bridgehead atoms. The lowest BCUT2D eigenvalue weighted by molar-refractivity contribution is -0.385. The van der Waals surface area contributed by atoms with Gasteiger partial charge in [-0.25, -0.2) is 0 Å². The van der Waals surface area contributed by atoms with Gasteiger partial charge in [0.05, 0.1) is 4.92 Å². The molecule has 0 saturated heterocycles. The van der Waals surface area contributed by atoms with Crippen molar-refractivity contribution in [1.82, 2.24) is 0 Å². The monoisotopic (exact) mass is 263 g/mol. The van der Waals surface area contributed by atoms with E-state index in [1.165, 1.54) is 12.1 Å². The van der Waals surface area contributed by atoms with Crippen molar-refractivity contribution in [3.63, 3.8) is 0 Å². The molecule has 0 spiro atoms. The summed E-state index contributed by atoms with van der Waals surface area (Å²) in [6.45, 7) is 1.92.